The minimum atomic E-state index is -0.658. The number of fused-ring (bicyclic) bond motifs is 2. The van der Waals surface area contributed by atoms with Gasteiger partial charge in [0.05, 0.1) is 17.5 Å². The predicted octanol–water partition coefficient (Wildman–Crippen LogP) is 4.85. The van der Waals surface area contributed by atoms with Crippen LogP contribution in [0.1, 0.15) is 0 Å². The lowest BCUT2D eigenvalue weighted by atomic mass is 10.0. The molecule has 8 heteroatoms. The molecular weight excluding hydrogens is 386 g/mol. The van der Waals surface area contributed by atoms with E-state index >= 15 is 4.39 Å². The van der Waals surface area contributed by atoms with Gasteiger partial charge in [0.15, 0.2) is 5.82 Å². The van der Waals surface area contributed by atoms with E-state index in [1.807, 2.05) is 0 Å². The Labute approximate surface area is 164 Å². The highest BCUT2D eigenvalue weighted by Crippen LogP contribution is 2.37. The van der Waals surface area contributed by atoms with Gasteiger partial charge < -0.3 is 9.64 Å². The van der Waals surface area contributed by atoms with Crippen LogP contribution in [0.15, 0.2) is 36.5 Å². The van der Waals surface area contributed by atoms with E-state index < -0.39 is 11.6 Å². The fourth-order valence-corrected chi connectivity index (χ4v) is 3.42. The predicted molar refractivity (Wildman–Crippen MR) is 106 cm³/mol. The fraction of sp³-hybridized carbons (Fsp3) is 0.150. The zero-order valence-electron chi connectivity index (χ0n) is 15.3. The van der Waals surface area contributed by atoms with Gasteiger partial charge in [-0.25, -0.2) is 8.78 Å². The first-order valence-corrected chi connectivity index (χ1v) is 8.74. The van der Waals surface area contributed by atoms with Crippen molar-refractivity contribution in [2.75, 3.05) is 26.1 Å². The van der Waals surface area contributed by atoms with E-state index in [0.717, 1.165) is 0 Å². The summed E-state index contributed by atoms with van der Waals surface area (Å²) in [6.45, 7) is 0. The number of nitrogens with zero attached hydrogens (tertiary/aromatic N) is 4. The van der Waals surface area contributed by atoms with Gasteiger partial charge in [0, 0.05) is 31.2 Å². The molecule has 0 aliphatic carbocycles. The van der Waals surface area contributed by atoms with Gasteiger partial charge >= 0.3 is 6.01 Å². The molecule has 5 nitrogen and oxygen atoms in total. The van der Waals surface area contributed by atoms with Crippen LogP contribution in [0.4, 0.5) is 14.6 Å². The molecule has 4 aromatic rings. The molecule has 0 amide bonds. The van der Waals surface area contributed by atoms with Gasteiger partial charge in [-0.2, -0.15) is 9.97 Å². The maximum absolute atomic E-state index is 15.5. The molecule has 2 heterocycles. The summed E-state index contributed by atoms with van der Waals surface area (Å²) in [5.74, 6) is -0.766. The molecule has 4 rings (SSSR count). The van der Waals surface area contributed by atoms with Gasteiger partial charge in [0.2, 0.25) is 0 Å². The molecule has 0 aliphatic heterocycles. The van der Waals surface area contributed by atoms with Crippen molar-refractivity contribution in [3.63, 3.8) is 0 Å². The molecule has 0 saturated heterocycles. The zero-order valence-corrected chi connectivity index (χ0v) is 16.1. The Morgan fingerprint density at radius 1 is 1.07 bits per heavy atom. The first kappa shape index (κ1) is 18.3. The van der Waals surface area contributed by atoms with Crippen LogP contribution in [0.3, 0.4) is 0 Å². The van der Waals surface area contributed by atoms with Crippen LogP contribution in [-0.4, -0.2) is 36.2 Å². The molecule has 28 heavy (non-hydrogen) atoms. The van der Waals surface area contributed by atoms with Crippen LogP contribution in [0.5, 0.6) is 6.01 Å². The summed E-state index contributed by atoms with van der Waals surface area (Å²) in [6.07, 6.45) is 1.49. The van der Waals surface area contributed by atoms with Crippen molar-refractivity contribution in [2.24, 2.45) is 0 Å². The summed E-state index contributed by atoms with van der Waals surface area (Å²) in [4.78, 5) is 14.4. The normalized spacial score (nSPS) is 11.2. The Morgan fingerprint density at radius 3 is 2.57 bits per heavy atom. The Morgan fingerprint density at radius 2 is 1.86 bits per heavy atom. The van der Waals surface area contributed by atoms with Crippen LogP contribution in [-0.2, 0) is 0 Å². The van der Waals surface area contributed by atoms with Gasteiger partial charge in [0.1, 0.15) is 22.8 Å². The molecule has 0 spiro atoms. The number of anilines is 1. The zero-order chi connectivity index (χ0) is 20.0. The van der Waals surface area contributed by atoms with Crippen LogP contribution in [0.2, 0.25) is 5.02 Å². The SMILES string of the molecule is COc1nc(N(C)C)c2cnc(-c3cccc4ccc(F)c(Cl)c34)c(F)c2n1. The highest BCUT2D eigenvalue weighted by molar-refractivity contribution is 6.36. The third-order valence-corrected chi connectivity index (χ3v) is 4.81. The third-order valence-electron chi connectivity index (χ3n) is 4.44. The molecule has 0 radical (unpaired) electrons. The average molecular weight is 401 g/mol. The van der Waals surface area contributed by atoms with E-state index in [2.05, 4.69) is 15.0 Å². The number of rotatable bonds is 3. The second-order valence-corrected chi connectivity index (χ2v) is 6.75. The number of ether oxygens (including phenoxy) is 1. The van der Waals surface area contributed by atoms with E-state index in [4.69, 9.17) is 16.3 Å². The number of methoxy groups -OCH3 is 1. The molecule has 2 aromatic carbocycles. The third kappa shape index (κ3) is 2.79. The smallest absolute Gasteiger partial charge is 0.318 e. The summed E-state index contributed by atoms with van der Waals surface area (Å²) in [7, 11) is 4.97. The molecule has 0 bridgehead atoms. The number of aromatic nitrogens is 3. The van der Waals surface area contributed by atoms with Crippen molar-refractivity contribution in [2.45, 2.75) is 0 Å². The van der Waals surface area contributed by atoms with E-state index in [1.165, 1.54) is 19.4 Å². The van der Waals surface area contributed by atoms with Gasteiger partial charge in [-0.15, -0.1) is 0 Å². The maximum atomic E-state index is 15.5. The first-order chi connectivity index (χ1) is 13.4. The number of halogens is 3. The number of benzene rings is 2. The van der Waals surface area contributed by atoms with Crippen molar-refractivity contribution < 1.29 is 13.5 Å². The average Bonchev–Trinajstić information content (AvgIpc) is 2.70. The largest absolute Gasteiger partial charge is 0.467 e. The molecule has 0 aliphatic rings. The van der Waals surface area contributed by atoms with Gasteiger partial charge in [-0.05, 0) is 11.5 Å². The standard InChI is InChI=1S/C20H15ClF2N4O/c1-27(2)19-12-9-24-17(16(23)18(12)25-20(26-19)28-3)11-6-4-5-10-7-8-13(22)15(21)14(10)11/h4-9H,1-3H3. The van der Waals surface area contributed by atoms with Gasteiger partial charge in [0.25, 0.3) is 0 Å². The molecule has 0 N–H and O–H groups in total. The number of pyridine rings is 1. The Kier molecular flexibility index (Phi) is 4.47. The maximum Gasteiger partial charge on any atom is 0.318 e. The van der Waals surface area contributed by atoms with Crippen molar-refractivity contribution in [3.8, 4) is 17.3 Å². The minimum absolute atomic E-state index is 0.0241. The van der Waals surface area contributed by atoms with Crippen LogP contribution in [0, 0.1) is 11.6 Å². The quantitative estimate of drug-likeness (QED) is 0.492. The van der Waals surface area contributed by atoms with E-state index in [1.54, 1.807) is 43.3 Å². The highest BCUT2D eigenvalue weighted by Gasteiger charge is 2.20. The molecule has 2 aromatic heterocycles. The minimum Gasteiger partial charge on any atom is -0.467 e. The molecule has 0 atom stereocenters. The Balaban J connectivity index is 2.08. The summed E-state index contributed by atoms with van der Waals surface area (Å²) in [5.41, 5.74) is 0.464. The Bertz CT molecular complexity index is 1230. The summed E-state index contributed by atoms with van der Waals surface area (Å²) in [6, 6.07) is 8.07. The van der Waals surface area contributed by atoms with E-state index in [-0.39, 0.29) is 22.2 Å². The van der Waals surface area contributed by atoms with Crippen molar-refractivity contribution in [1.29, 1.82) is 0 Å². The second-order valence-electron chi connectivity index (χ2n) is 6.38. The molecule has 142 valence electrons. The lowest BCUT2D eigenvalue weighted by Gasteiger charge is -2.16. The number of hydrogen-bond acceptors (Lipinski definition) is 5. The molecule has 0 saturated carbocycles. The monoisotopic (exact) mass is 400 g/mol. The summed E-state index contributed by atoms with van der Waals surface area (Å²) in [5, 5.41) is 1.43. The van der Waals surface area contributed by atoms with Crippen LogP contribution in [0.25, 0.3) is 32.9 Å². The number of hydrogen-bond donors (Lipinski definition) is 0. The molecule has 0 unspecified atom stereocenters. The topological polar surface area (TPSA) is 51.1 Å². The summed E-state index contributed by atoms with van der Waals surface area (Å²) >= 11 is 6.19. The van der Waals surface area contributed by atoms with Gasteiger partial charge in [-0.1, -0.05) is 35.9 Å². The van der Waals surface area contributed by atoms with Crippen molar-refractivity contribution >= 4 is 39.1 Å². The summed E-state index contributed by atoms with van der Waals surface area (Å²) < 4.78 is 34.7. The van der Waals surface area contributed by atoms with Crippen LogP contribution < -0.4 is 9.64 Å². The van der Waals surface area contributed by atoms with Crippen molar-refractivity contribution in [1.82, 2.24) is 15.0 Å². The van der Waals surface area contributed by atoms with E-state index in [0.29, 0.717) is 27.5 Å². The van der Waals surface area contributed by atoms with E-state index in [9.17, 15) is 4.39 Å². The second kappa shape index (κ2) is 6.83. The molecule has 0 fully saturated rings. The fourth-order valence-electron chi connectivity index (χ4n) is 3.15. The lowest BCUT2D eigenvalue weighted by Crippen LogP contribution is -2.13. The Hall–Kier alpha value is -3.06. The molecular formula is C20H15ClF2N4O. The lowest BCUT2D eigenvalue weighted by molar-refractivity contribution is 0.381. The van der Waals surface area contributed by atoms with Gasteiger partial charge in [-0.3, -0.25) is 4.98 Å². The van der Waals surface area contributed by atoms with Crippen molar-refractivity contribution in [3.05, 3.63) is 53.2 Å². The highest BCUT2D eigenvalue weighted by atomic mass is 35.5. The van der Waals surface area contributed by atoms with Crippen LogP contribution >= 0.6 is 11.6 Å². The first-order valence-electron chi connectivity index (χ1n) is 8.37.